The summed E-state index contributed by atoms with van der Waals surface area (Å²) in [5.41, 5.74) is 2.27. The van der Waals surface area contributed by atoms with Gasteiger partial charge in [-0.25, -0.2) is 0 Å². The molecule has 1 fully saturated rings. The van der Waals surface area contributed by atoms with E-state index in [-0.39, 0.29) is 39.3 Å². The first kappa shape index (κ1) is 18.2. The molecule has 1 N–H and O–H groups in total. The van der Waals surface area contributed by atoms with E-state index in [4.69, 9.17) is 9.84 Å². The Morgan fingerprint density at radius 1 is 1.06 bits per heavy atom. The van der Waals surface area contributed by atoms with Crippen LogP contribution in [0.2, 0.25) is 0 Å². The molecule has 1 aromatic carbocycles. The van der Waals surface area contributed by atoms with Gasteiger partial charge >= 0.3 is 0 Å². The van der Waals surface area contributed by atoms with E-state index in [1.54, 1.807) is 0 Å². The van der Waals surface area contributed by atoms with Crippen molar-refractivity contribution >= 4 is 0 Å². The Kier molecular flexibility index (Phi) is 11.2. The van der Waals surface area contributed by atoms with Crippen molar-refractivity contribution in [1.82, 2.24) is 4.90 Å². The Balaban J connectivity index is 0.000000917. The minimum absolute atomic E-state index is 0. The van der Waals surface area contributed by atoms with Gasteiger partial charge in [0.15, 0.2) is 0 Å². The monoisotopic (exact) mass is 326 g/mol. The van der Waals surface area contributed by atoms with E-state index in [9.17, 15) is 0 Å². The molecule has 0 unspecified atom stereocenters. The molecule has 18 heavy (non-hydrogen) atoms. The van der Waals surface area contributed by atoms with Crippen LogP contribution in [0.5, 0.6) is 0 Å². The number of benzene rings is 1. The molecule has 1 aliphatic heterocycles. The normalized spacial score (nSPS) is 15.3. The summed E-state index contributed by atoms with van der Waals surface area (Å²) in [7, 11) is 0. The molecule has 0 aliphatic carbocycles. The molecule has 0 amide bonds. The Labute approximate surface area is 135 Å². The quantitative estimate of drug-likeness (QED) is 0.923. The second-order valence-corrected chi connectivity index (χ2v) is 3.86. The summed E-state index contributed by atoms with van der Waals surface area (Å²) >= 11 is 0. The van der Waals surface area contributed by atoms with Crippen LogP contribution in [-0.2, 0) is 50.6 Å². The third kappa shape index (κ3) is 6.39. The molecule has 0 bridgehead atoms. The van der Waals surface area contributed by atoms with E-state index in [1.165, 1.54) is 5.56 Å². The fraction of sp³-hybridized carbons (Fsp3) is 0.571. The molecular formula is C14H23NO2Y. The Hall–Kier alpha value is 0.204. The predicted octanol–water partition coefficient (Wildman–Crippen LogP) is 2.03. The molecule has 4 heteroatoms. The Morgan fingerprint density at radius 2 is 1.56 bits per heavy atom. The van der Waals surface area contributed by atoms with Gasteiger partial charge in [-0.05, 0) is 11.1 Å². The van der Waals surface area contributed by atoms with Gasteiger partial charge in [-0.1, -0.05) is 38.1 Å². The van der Waals surface area contributed by atoms with Crippen LogP contribution >= 0.6 is 0 Å². The zero-order valence-corrected chi connectivity index (χ0v) is 14.3. The standard InChI is InChI=1S/C12H17NO2.C2H6.Y/c14-10-12-3-1-11(2-4-12)9-13-5-7-15-8-6-13;1-2;/h1-4,14H,5-10H2;1-2H3;. The van der Waals surface area contributed by atoms with Gasteiger partial charge in [0.1, 0.15) is 0 Å². The summed E-state index contributed by atoms with van der Waals surface area (Å²) in [6.45, 7) is 8.82. The number of hydrogen-bond acceptors (Lipinski definition) is 3. The minimum Gasteiger partial charge on any atom is -0.392 e. The first-order valence-corrected chi connectivity index (χ1v) is 6.37. The summed E-state index contributed by atoms with van der Waals surface area (Å²) in [6.07, 6.45) is 0. The third-order valence-corrected chi connectivity index (χ3v) is 2.72. The minimum atomic E-state index is 0. The van der Waals surface area contributed by atoms with E-state index in [0.29, 0.717) is 0 Å². The van der Waals surface area contributed by atoms with Gasteiger partial charge in [0.25, 0.3) is 0 Å². The maximum absolute atomic E-state index is 8.92. The molecule has 2 rings (SSSR count). The Bertz CT molecular complexity index is 297. The average molecular weight is 326 g/mol. The molecule has 1 aromatic rings. The summed E-state index contributed by atoms with van der Waals surface area (Å²) < 4.78 is 5.30. The van der Waals surface area contributed by atoms with Crippen molar-refractivity contribution in [3.8, 4) is 0 Å². The van der Waals surface area contributed by atoms with Gasteiger partial charge in [0.2, 0.25) is 0 Å². The SMILES string of the molecule is CC.OCc1ccc(CN2CCOCC2)cc1.[Y]. The van der Waals surface area contributed by atoms with Gasteiger partial charge in [-0.2, -0.15) is 0 Å². The molecule has 99 valence electrons. The second kappa shape index (κ2) is 11.1. The van der Waals surface area contributed by atoms with Crippen LogP contribution in [0, 0.1) is 0 Å². The van der Waals surface area contributed by atoms with Gasteiger partial charge in [-0.15, -0.1) is 0 Å². The molecule has 0 aromatic heterocycles. The molecule has 1 aliphatic rings. The van der Waals surface area contributed by atoms with Crippen LogP contribution < -0.4 is 0 Å². The predicted molar refractivity (Wildman–Crippen MR) is 69.8 cm³/mol. The number of hydrogen-bond donors (Lipinski definition) is 1. The van der Waals surface area contributed by atoms with Crippen LogP contribution in [-0.4, -0.2) is 36.3 Å². The second-order valence-electron chi connectivity index (χ2n) is 3.86. The first-order chi connectivity index (χ1) is 8.38. The third-order valence-electron chi connectivity index (χ3n) is 2.72. The topological polar surface area (TPSA) is 32.7 Å². The van der Waals surface area contributed by atoms with Gasteiger partial charge in [0, 0.05) is 52.3 Å². The van der Waals surface area contributed by atoms with Gasteiger partial charge in [0.05, 0.1) is 19.8 Å². The van der Waals surface area contributed by atoms with Gasteiger partial charge < -0.3 is 9.84 Å². The molecule has 3 nitrogen and oxygen atoms in total. The maximum Gasteiger partial charge on any atom is 0.0681 e. The summed E-state index contributed by atoms with van der Waals surface area (Å²) in [5.74, 6) is 0. The van der Waals surface area contributed by atoms with Crippen LogP contribution in [0.3, 0.4) is 0 Å². The Morgan fingerprint density at radius 3 is 2.06 bits per heavy atom. The fourth-order valence-corrected chi connectivity index (χ4v) is 1.77. The number of aliphatic hydroxyl groups is 1. The van der Waals surface area contributed by atoms with E-state index in [2.05, 4.69) is 17.0 Å². The average Bonchev–Trinajstić information content (AvgIpc) is 2.43. The molecular weight excluding hydrogens is 303 g/mol. The number of morpholine rings is 1. The largest absolute Gasteiger partial charge is 0.392 e. The van der Waals surface area contributed by atoms with E-state index >= 15 is 0 Å². The summed E-state index contributed by atoms with van der Waals surface area (Å²) in [5, 5.41) is 8.92. The fourth-order valence-electron chi connectivity index (χ4n) is 1.77. The molecule has 1 radical (unpaired) electrons. The molecule has 0 spiro atoms. The number of aliphatic hydroxyl groups excluding tert-OH is 1. The van der Waals surface area contributed by atoms with Gasteiger partial charge in [-0.3, -0.25) is 4.90 Å². The molecule has 0 atom stereocenters. The number of rotatable bonds is 3. The zero-order valence-electron chi connectivity index (χ0n) is 11.4. The van der Waals surface area contributed by atoms with E-state index in [1.807, 2.05) is 26.0 Å². The van der Waals surface area contributed by atoms with Crippen molar-refractivity contribution < 1.29 is 42.6 Å². The van der Waals surface area contributed by atoms with Crippen LogP contribution in [0.25, 0.3) is 0 Å². The van der Waals surface area contributed by atoms with E-state index in [0.717, 1.165) is 38.4 Å². The van der Waals surface area contributed by atoms with Crippen molar-refractivity contribution in [2.75, 3.05) is 26.3 Å². The number of ether oxygens (including phenoxy) is 1. The van der Waals surface area contributed by atoms with Crippen molar-refractivity contribution in [2.24, 2.45) is 0 Å². The van der Waals surface area contributed by atoms with Crippen LogP contribution in [0.4, 0.5) is 0 Å². The molecule has 0 saturated carbocycles. The molecule has 1 saturated heterocycles. The first-order valence-electron chi connectivity index (χ1n) is 6.37. The summed E-state index contributed by atoms with van der Waals surface area (Å²) in [6, 6.07) is 8.13. The van der Waals surface area contributed by atoms with Crippen molar-refractivity contribution in [2.45, 2.75) is 27.0 Å². The van der Waals surface area contributed by atoms with Crippen molar-refractivity contribution in [3.05, 3.63) is 35.4 Å². The van der Waals surface area contributed by atoms with E-state index < -0.39 is 0 Å². The van der Waals surface area contributed by atoms with Crippen molar-refractivity contribution in [1.29, 1.82) is 0 Å². The maximum atomic E-state index is 8.92. The van der Waals surface area contributed by atoms with Crippen LogP contribution in [0.15, 0.2) is 24.3 Å². The van der Waals surface area contributed by atoms with Crippen molar-refractivity contribution in [3.63, 3.8) is 0 Å². The summed E-state index contributed by atoms with van der Waals surface area (Å²) in [4.78, 5) is 2.39. The zero-order chi connectivity index (χ0) is 12.5. The molecule has 1 heterocycles. The van der Waals surface area contributed by atoms with Crippen LogP contribution in [0.1, 0.15) is 25.0 Å². The number of nitrogens with zero attached hydrogens (tertiary/aromatic N) is 1. The smallest absolute Gasteiger partial charge is 0.0681 e.